The van der Waals surface area contributed by atoms with Gasteiger partial charge in [0.05, 0.1) is 25.9 Å². The number of nitrogens with zero attached hydrogens (tertiary/aromatic N) is 1. The maximum atomic E-state index is 12.6. The molecule has 4 aliphatic rings. The summed E-state index contributed by atoms with van der Waals surface area (Å²) in [5, 5.41) is 0. The standard InChI is InChI=1S/C25H41NO3/c1-24-11-9-19(29-16-15-28-14-13-26(3)4)17-18(24)5-6-20-21-7-8-23(27)25(21,2)12-10-22(20)24/h17,19-22H,5-16H2,1-4H3/t19-,20?,21?,22?,24-,25-/m0/s1. The minimum Gasteiger partial charge on any atom is -0.378 e. The van der Waals surface area contributed by atoms with Crippen LogP contribution in [0.2, 0.25) is 0 Å². The number of allylic oxidation sites excluding steroid dienone is 1. The fraction of sp³-hybridized carbons (Fsp3) is 0.880. The molecule has 4 aliphatic carbocycles. The summed E-state index contributed by atoms with van der Waals surface area (Å²) in [6, 6.07) is 0. The van der Waals surface area contributed by atoms with E-state index in [9.17, 15) is 4.79 Å². The summed E-state index contributed by atoms with van der Waals surface area (Å²) in [7, 11) is 4.13. The molecule has 4 rings (SSSR count). The Hall–Kier alpha value is -0.710. The molecule has 0 heterocycles. The van der Waals surface area contributed by atoms with E-state index in [1.807, 2.05) is 0 Å². The molecular formula is C25H41NO3. The number of likely N-dealkylation sites (N-methyl/N-ethyl adjacent to an activating group) is 1. The van der Waals surface area contributed by atoms with E-state index in [4.69, 9.17) is 9.47 Å². The lowest BCUT2D eigenvalue weighted by Gasteiger charge is -2.57. The second kappa shape index (κ2) is 8.43. The van der Waals surface area contributed by atoms with Gasteiger partial charge in [-0.1, -0.05) is 25.5 Å². The van der Waals surface area contributed by atoms with Crippen molar-refractivity contribution in [2.75, 3.05) is 40.5 Å². The van der Waals surface area contributed by atoms with Crippen molar-refractivity contribution in [1.82, 2.24) is 4.90 Å². The van der Waals surface area contributed by atoms with Crippen LogP contribution in [0.25, 0.3) is 0 Å². The SMILES string of the molecule is CN(C)CCOCCO[C@@H]1C=C2CCC3C(CC[C@]4(C)C(=O)CCC34)[C@@]2(C)CC1. The van der Waals surface area contributed by atoms with Crippen LogP contribution in [0, 0.1) is 28.6 Å². The first kappa shape index (κ1) is 21.5. The first-order valence-corrected chi connectivity index (χ1v) is 11.9. The van der Waals surface area contributed by atoms with E-state index in [1.54, 1.807) is 5.57 Å². The molecule has 0 aromatic rings. The van der Waals surface area contributed by atoms with Crippen molar-refractivity contribution in [3.05, 3.63) is 11.6 Å². The fourth-order valence-corrected chi connectivity index (χ4v) is 7.21. The number of hydrogen-bond acceptors (Lipinski definition) is 4. The van der Waals surface area contributed by atoms with Crippen LogP contribution in [-0.2, 0) is 14.3 Å². The van der Waals surface area contributed by atoms with E-state index < -0.39 is 0 Å². The Bertz CT molecular complexity index is 644. The van der Waals surface area contributed by atoms with Gasteiger partial charge in [0, 0.05) is 18.4 Å². The first-order valence-electron chi connectivity index (χ1n) is 11.9. The lowest BCUT2D eigenvalue weighted by molar-refractivity contribution is -0.132. The Labute approximate surface area is 177 Å². The van der Waals surface area contributed by atoms with Gasteiger partial charge in [-0.25, -0.2) is 0 Å². The van der Waals surface area contributed by atoms with Gasteiger partial charge in [0.25, 0.3) is 0 Å². The van der Waals surface area contributed by atoms with Crippen LogP contribution in [0.5, 0.6) is 0 Å². The Morgan fingerprint density at radius 1 is 0.966 bits per heavy atom. The van der Waals surface area contributed by atoms with E-state index in [2.05, 4.69) is 38.9 Å². The summed E-state index contributed by atoms with van der Waals surface area (Å²) < 4.78 is 11.8. The molecule has 0 N–H and O–H groups in total. The summed E-state index contributed by atoms with van der Waals surface area (Å²) in [5.74, 6) is 2.71. The van der Waals surface area contributed by atoms with E-state index >= 15 is 0 Å². The third kappa shape index (κ3) is 3.97. The number of carbonyl (C=O) groups excluding carboxylic acids is 1. The molecule has 0 radical (unpaired) electrons. The van der Waals surface area contributed by atoms with E-state index in [-0.39, 0.29) is 11.5 Å². The van der Waals surface area contributed by atoms with Crippen molar-refractivity contribution in [1.29, 1.82) is 0 Å². The van der Waals surface area contributed by atoms with Gasteiger partial charge in [-0.05, 0) is 82.2 Å². The van der Waals surface area contributed by atoms with Crippen LogP contribution in [-0.4, -0.2) is 57.2 Å². The maximum absolute atomic E-state index is 12.6. The third-order valence-corrected chi connectivity index (χ3v) is 9.02. The molecule has 3 unspecified atom stereocenters. The number of Topliss-reactive ketones (excluding diaryl/α,β-unsaturated/α-hetero) is 1. The van der Waals surface area contributed by atoms with Gasteiger partial charge < -0.3 is 14.4 Å². The third-order valence-electron chi connectivity index (χ3n) is 9.02. The molecule has 0 amide bonds. The van der Waals surface area contributed by atoms with E-state index in [1.165, 1.54) is 25.7 Å². The topological polar surface area (TPSA) is 38.8 Å². The second-order valence-electron chi connectivity index (χ2n) is 10.8. The molecule has 3 saturated carbocycles. The summed E-state index contributed by atoms with van der Waals surface area (Å²) in [4.78, 5) is 14.7. The van der Waals surface area contributed by atoms with Crippen LogP contribution in [0.3, 0.4) is 0 Å². The van der Waals surface area contributed by atoms with Crippen LogP contribution >= 0.6 is 0 Å². The number of ether oxygens (including phenoxy) is 2. The molecule has 0 aliphatic heterocycles. The molecule has 4 nitrogen and oxygen atoms in total. The lowest BCUT2D eigenvalue weighted by Crippen LogP contribution is -2.50. The number of fused-ring (bicyclic) bond motifs is 5. The molecule has 0 bridgehead atoms. The van der Waals surface area contributed by atoms with Gasteiger partial charge >= 0.3 is 0 Å². The van der Waals surface area contributed by atoms with Crippen molar-refractivity contribution in [2.24, 2.45) is 28.6 Å². The van der Waals surface area contributed by atoms with Gasteiger partial charge in [0.1, 0.15) is 5.78 Å². The van der Waals surface area contributed by atoms with Crippen molar-refractivity contribution in [3.8, 4) is 0 Å². The Kier molecular flexibility index (Phi) is 6.26. The van der Waals surface area contributed by atoms with Crippen molar-refractivity contribution in [2.45, 2.75) is 71.3 Å². The van der Waals surface area contributed by atoms with Crippen LogP contribution in [0.15, 0.2) is 11.6 Å². The first-order chi connectivity index (χ1) is 13.8. The number of ketones is 1. The highest BCUT2D eigenvalue weighted by Crippen LogP contribution is 2.64. The predicted octanol–water partition coefficient (Wildman–Crippen LogP) is 4.48. The average molecular weight is 404 g/mol. The molecule has 0 aromatic heterocycles. The zero-order valence-corrected chi connectivity index (χ0v) is 19.0. The molecule has 4 heteroatoms. The van der Waals surface area contributed by atoms with Crippen molar-refractivity contribution in [3.63, 3.8) is 0 Å². The van der Waals surface area contributed by atoms with Crippen molar-refractivity contribution >= 4 is 5.78 Å². The molecule has 0 spiro atoms. The molecule has 0 saturated heterocycles. The van der Waals surface area contributed by atoms with Gasteiger partial charge in [-0.15, -0.1) is 0 Å². The monoisotopic (exact) mass is 403 g/mol. The van der Waals surface area contributed by atoms with E-state index in [0.29, 0.717) is 30.3 Å². The highest BCUT2D eigenvalue weighted by atomic mass is 16.5. The van der Waals surface area contributed by atoms with Crippen LogP contribution in [0.1, 0.15) is 65.2 Å². The van der Waals surface area contributed by atoms with Crippen molar-refractivity contribution < 1.29 is 14.3 Å². The predicted molar refractivity (Wildman–Crippen MR) is 116 cm³/mol. The lowest BCUT2D eigenvalue weighted by atomic mass is 9.47. The molecule has 6 atom stereocenters. The van der Waals surface area contributed by atoms with E-state index in [0.717, 1.165) is 50.7 Å². The smallest absolute Gasteiger partial charge is 0.139 e. The minimum atomic E-state index is -0.00829. The number of hydrogen-bond donors (Lipinski definition) is 0. The highest BCUT2D eigenvalue weighted by molar-refractivity contribution is 5.87. The summed E-state index contributed by atoms with van der Waals surface area (Å²) in [5.41, 5.74) is 1.97. The van der Waals surface area contributed by atoms with Crippen LogP contribution < -0.4 is 0 Å². The zero-order chi connectivity index (χ0) is 20.6. The fourth-order valence-electron chi connectivity index (χ4n) is 7.21. The Morgan fingerprint density at radius 3 is 2.52 bits per heavy atom. The molecule has 29 heavy (non-hydrogen) atoms. The largest absolute Gasteiger partial charge is 0.378 e. The van der Waals surface area contributed by atoms with Gasteiger partial charge in [0.2, 0.25) is 0 Å². The Morgan fingerprint density at radius 2 is 1.72 bits per heavy atom. The number of rotatable bonds is 7. The Balaban J connectivity index is 1.35. The molecular weight excluding hydrogens is 362 g/mol. The van der Waals surface area contributed by atoms with Crippen LogP contribution in [0.4, 0.5) is 0 Å². The normalized spacial score (nSPS) is 41.7. The van der Waals surface area contributed by atoms with Gasteiger partial charge in [-0.2, -0.15) is 0 Å². The summed E-state index contributed by atoms with van der Waals surface area (Å²) in [6.07, 6.45) is 11.9. The zero-order valence-electron chi connectivity index (χ0n) is 19.0. The maximum Gasteiger partial charge on any atom is 0.139 e. The molecule has 0 aromatic carbocycles. The highest BCUT2D eigenvalue weighted by Gasteiger charge is 2.58. The van der Waals surface area contributed by atoms with Gasteiger partial charge in [-0.3, -0.25) is 4.79 Å². The molecule has 3 fully saturated rings. The summed E-state index contributed by atoms with van der Waals surface area (Å²) >= 11 is 0. The number of carbonyl (C=O) groups is 1. The van der Waals surface area contributed by atoms with Gasteiger partial charge in [0.15, 0.2) is 0 Å². The second-order valence-corrected chi connectivity index (χ2v) is 10.8. The average Bonchev–Trinajstić information content (AvgIpc) is 2.99. The summed E-state index contributed by atoms with van der Waals surface area (Å²) in [6.45, 7) is 7.90. The quantitative estimate of drug-likeness (QED) is 0.464. The minimum absolute atomic E-state index is 0.00829. The molecule has 164 valence electrons.